The van der Waals surface area contributed by atoms with Gasteiger partial charge in [0.05, 0.1) is 14.2 Å². The van der Waals surface area contributed by atoms with Gasteiger partial charge < -0.3 is 14.6 Å². The summed E-state index contributed by atoms with van der Waals surface area (Å²) in [6.07, 6.45) is 1.59. The number of hydrogen-bond donors (Lipinski definition) is 2. The average Bonchev–Trinajstić information content (AvgIpc) is 3.18. The van der Waals surface area contributed by atoms with Crippen molar-refractivity contribution in [2.24, 2.45) is 0 Å². The number of carboxylic acids is 1. The number of H-pyrrole nitrogens is 1. The van der Waals surface area contributed by atoms with Crippen molar-refractivity contribution in [1.29, 1.82) is 0 Å². The topological polar surface area (TPSA) is 97.3 Å². The number of hydrogen-bond acceptors (Lipinski definition) is 6. The van der Waals surface area contributed by atoms with Crippen LogP contribution in [-0.2, 0) is 4.79 Å². The first kappa shape index (κ1) is 20.9. The maximum atomic E-state index is 11.7. The van der Waals surface area contributed by atoms with Gasteiger partial charge in [0.15, 0.2) is 5.82 Å². The van der Waals surface area contributed by atoms with Crippen molar-refractivity contribution < 1.29 is 19.4 Å². The Kier molecular flexibility index (Phi) is 6.60. The maximum absolute atomic E-state index is 11.7. The normalized spacial score (nSPS) is 11.4. The molecule has 2 aromatic carbocycles. The molecule has 0 saturated heterocycles. The van der Waals surface area contributed by atoms with Gasteiger partial charge in [0.2, 0.25) is 5.16 Å². The summed E-state index contributed by atoms with van der Waals surface area (Å²) < 4.78 is 11.4. The molecule has 0 bridgehead atoms. The number of carboxylic acid groups (broad SMARTS) is 1. The number of thioether (sulfide) groups is 1. The van der Waals surface area contributed by atoms with Crippen molar-refractivity contribution in [1.82, 2.24) is 15.2 Å². The number of carbonyl (C=O) groups is 1. The SMILES string of the molecule is COc1cc(OC)cc(-c2nc(S/C(=C\c3ccc(C)c(Br)c3)C(=O)O)n[nH]2)c1. The van der Waals surface area contributed by atoms with Crippen molar-refractivity contribution in [3.63, 3.8) is 0 Å². The Hall–Kier alpha value is -2.78. The summed E-state index contributed by atoms with van der Waals surface area (Å²) in [5.74, 6) is 0.649. The Labute approximate surface area is 180 Å². The predicted molar refractivity (Wildman–Crippen MR) is 115 cm³/mol. The van der Waals surface area contributed by atoms with Crippen molar-refractivity contribution in [3.8, 4) is 22.9 Å². The van der Waals surface area contributed by atoms with Crippen molar-refractivity contribution >= 4 is 39.7 Å². The number of aliphatic carboxylic acids is 1. The van der Waals surface area contributed by atoms with Gasteiger partial charge in [-0.25, -0.2) is 9.78 Å². The molecule has 0 unspecified atom stereocenters. The molecule has 0 amide bonds. The Morgan fingerprint density at radius 3 is 2.45 bits per heavy atom. The van der Waals surface area contributed by atoms with Crippen LogP contribution in [0.1, 0.15) is 11.1 Å². The third-order valence-electron chi connectivity index (χ3n) is 4.00. The lowest BCUT2D eigenvalue weighted by molar-refractivity contribution is -0.131. The number of halogens is 1. The van der Waals surface area contributed by atoms with E-state index >= 15 is 0 Å². The van der Waals surface area contributed by atoms with E-state index in [-0.39, 0.29) is 4.91 Å². The second kappa shape index (κ2) is 9.15. The van der Waals surface area contributed by atoms with Crippen LogP contribution in [0.5, 0.6) is 11.5 Å². The monoisotopic (exact) mass is 475 g/mol. The Morgan fingerprint density at radius 2 is 1.86 bits per heavy atom. The Morgan fingerprint density at radius 1 is 1.17 bits per heavy atom. The van der Waals surface area contributed by atoms with Crippen LogP contribution >= 0.6 is 27.7 Å². The maximum Gasteiger partial charge on any atom is 0.342 e. The lowest BCUT2D eigenvalue weighted by Crippen LogP contribution is -1.97. The minimum absolute atomic E-state index is 0.106. The number of nitrogens with one attached hydrogen (secondary N) is 1. The van der Waals surface area contributed by atoms with E-state index in [4.69, 9.17) is 9.47 Å². The summed E-state index contributed by atoms with van der Waals surface area (Å²) in [5.41, 5.74) is 2.54. The van der Waals surface area contributed by atoms with E-state index in [2.05, 4.69) is 31.1 Å². The summed E-state index contributed by atoms with van der Waals surface area (Å²) in [5, 5.41) is 16.8. The summed E-state index contributed by atoms with van der Waals surface area (Å²) in [6, 6.07) is 11.0. The highest BCUT2D eigenvalue weighted by Gasteiger charge is 2.15. The third kappa shape index (κ3) is 5.18. The number of ether oxygens (including phenoxy) is 2. The van der Waals surface area contributed by atoms with Crippen LogP contribution in [0.4, 0.5) is 0 Å². The van der Waals surface area contributed by atoms with E-state index in [1.54, 1.807) is 38.5 Å². The Bertz CT molecular complexity index is 1060. The van der Waals surface area contributed by atoms with Gasteiger partial charge in [-0.2, -0.15) is 0 Å². The van der Waals surface area contributed by atoms with Gasteiger partial charge in [-0.3, -0.25) is 5.10 Å². The van der Waals surface area contributed by atoms with Gasteiger partial charge in [-0.05, 0) is 54.1 Å². The standard InChI is InChI=1S/C20H18BrN3O4S/c1-11-4-5-12(6-16(11)21)7-17(19(25)26)29-20-22-18(23-24-20)13-8-14(27-2)10-15(9-13)28-3/h4-10H,1-3H3,(H,25,26)(H,22,23,24)/b17-7-. The lowest BCUT2D eigenvalue weighted by Gasteiger charge is -2.06. The molecule has 0 aliphatic heterocycles. The Balaban J connectivity index is 1.88. The largest absolute Gasteiger partial charge is 0.497 e. The number of methoxy groups -OCH3 is 2. The third-order valence-corrected chi connectivity index (χ3v) is 5.73. The number of aromatic nitrogens is 3. The second-order valence-corrected chi connectivity index (χ2v) is 7.86. The molecule has 29 heavy (non-hydrogen) atoms. The molecule has 0 aliphatic carbocycles. The van der Waals surface area contributed by atoms with Crippen molar-refractivity contribution in [2.75, 3.05) is 14.2 Å². The molecule has 0 saturated carbocycles. The van der Waals surface area contributed by atoms with Crippen LogP contribution < -0.4 is 9.47 Å². The summed E-state index contributed by atoms with van der Waals surface area (Å²) in [6.45, 7) is 1.97. The van der Waals surface area contributed by atoms with Gasteiger partial charge in [0.25, 0.3) is 0 Å². The fourth-order valence-electron chi connectivity index (χ4n) is 2.45. The zero-order valence-electron chi connectivity index (χ0n) is 15.9. The van der Waals surface area contributed by atoms with Gasteiger partial charge >= 0.3 is 5.97 Å². The minimum Gasteiger partial charge on any atom is -0.497 e. The number of benzene rings is 2. The highest BCUT2D eigenvalue weighted by Crippen LogP contribution is 2.31. The van der Waals surface area contributed by atoms with E-state index in [1.165, 1.54) is 0 Å². The minimum atomic E-state index is -1.05. The fourth-order valence-corrected chi connectivity index (χ4v) is 3.55. The van der Waals surface area contributed by atoms with E-state index in [0.717, 1.165) is 27.4 Å². The molecule has 3 aromatic rings. The molecule has 9 heteroatoms. The molecular formula is C20H18BrN3O4S. The van der Waals surface area contributed by atoms with Crippen LogP contribution in [0.3, 0.4) is 0 Å². The number of aromatic amines is 1. The number of aryl methyl sites for hydroxylation is 1. The van der Waals surface area contributed by atoms with E-state index < -0.39 is 5.97 Å². The average molecular weight is 476 g/mol. The molecule has 1 heterocycles. The quantitative estimate of drug-likeness (QED) is 0.374. The summed E-state index contributed by atoms with van der Waals surface area (Å²) >= 11 is 4.43. The smallest absolute Gasteiger partial charge is 0.342 e. The predicted octanol–water partition coefficient (Wildman–Crippen LogP) is 4.78. The zero-order valence-corrected chi connectivity index (χ0v) is 18.3. The van der Waals surface area contributed by atoms with Gasteiger partial charge in [0, 0.05) is 16.1 Å². The van der Waals surface area contributed by atoms with Gasteiger partial charge in [-0.15, -0.1) is 5.10 Å². The molecule has 7 nitrogen and oxygen atoms in total. The van der Waals surface area contributed by atoms with Crippen LogP contribution in [0.15, 0.2) is 50.9 Å². The summed E-state index contributed by atoms with van der Waals surface area (Å²) in [7, 11) is 3.13. The van der Waals surface area contributed by atoms with Crippen LogP contribution in [0, 0.1) is 6.92 Å². The van der Waals surface area contributed by atoms with Crippen LogP contribution in [-0.4, -0.2) is 40.5 Å². The first-order valence-electron chi connectivity index (χ1n) is 8.44. The molecule has 1 aromatic heterocycles. The molecular weight excluding hydrogens is 458 g/mol. The molecule has 0 aliphatic rings. The van der Waals surface area contributed by atoms with Crippen LogP contribution in [0.2, 0.25) is 0 Å². The molecule has 0 spiro atoms. The van der Waals surface area contributed by atoms with Gasteiger partial charge in [-0.1, -0.05) is 28.1 Å². The molecule has 0 fully saturated rings. The molecule has 0 radical (unpaired) electrons. The lowest BCUT2D eigenvalue weighted by atomic mass is 10.1. The number of nitrogens with zero attached hydrogens (tertiary/aromatic N) is 2. The van der Waals surface area contributed by atoms with Gasteiger partial charge in [0.1, 0.15) is 16.4 Å². The van der Waals surface area contributed by atoms with E-state index in [9.17, 15) is 9.90 Å². The number of rotatable bonds is 7. The fraction of sp³-hybridized carbons (Fsp3) is 0.150. The van der Waals surface area contributed by atoms with Crippen molar-refractivity contribution in [2.45, 2.75) is 12.1 Å². The van der Waals surface area contributed by atoms with Crippen molar-refractivity contribution in [3.05, 3.63) is 56.9 Å². The zero-order chi connectivity index (χ0) is 21.0. The van der Waals surface area contributed by atoms with Crippen LogP contribution in [0.25, 0.3) is 17.5 Å². The highest BCUT2D eigenvalue weighted by molar-refractivity contribution is 9.10. The first-order valence-corrected chi connectivity index (χ1v) is 10.1. The highest BCUT2D eigenvalue weighted by atomic mass is 79.9. The van der Waals surface area contributed by atoms with E-state index in [1.807, 2.05) is 25.1 Å². The molecule has 3 rings (SSSR count). The van der Waals surface area contributed by atoms with E-state index in [0.29, 0.717) is 28.0 Å². The first-order chi connectivity index (χ1) is 13.9. The second-order valence-electron chi connectivity index (χ2n) is 5.99. The molecule has 2 N–H and O–H groups in total. The molecule has 0 atom stereocenters. The summed E-state index contributed by atoms with van der Waals surface area (Å²) in [4.78, 5) is 16.2. The molecule has 150 valence electrons.